The summed E-state index contributed by atoms with van der Waals surface area (Å²) in [6.07, 6.45) is 3.76. The van der Waals surface area contributed by atoms with Crippen LogP contribution in [0.1, 0.15) is 26.2 Å². The van der Waals surface area contributed by atoms with Crippen LogP contribution in [0.15, 0.2) is 5.16 Å². The number of nitrogens with one attached hydrogen (secondary N) is 1. The molecule has 0 spiro atoms. The van der Waals surface area contributed by atoms with Crippen molar-refractivity contribution in [2.24, 2.45) is 7.05 Å². The molecule has 5 nitrogen and oxygen atoms in total. The fourth-order valence-corrected chi connectivity index (χ4v) is 3.14. The van der Waals surface area contributed by atoms with Gasteiger partial charge in [-0.15, -0.1) is 5.10 Å². The third-order valence-corrected chi connectivity index (χ3v) is 4.05. The van der Waals surface area contributed by atoms with Gasteiger partial charge in [0.05, 0.1) is 0 Å². The minimum Gasteiger partial charge on any atom is -0.314 e. The maximum Gasteiger partial charge on any atom is 0.209 e. The highest BCUT2D eigenvalue weighted by Gasteiger charge is 2.25. The summed E-state index contributed by atoms with van der Waals surface area (Å²) in [5.74, 6) is 0. The lowest BCUT2D eigenvalue weighted by Gasteiger charge is -2.10. The fraction of sp³-hybridized carbons (Fsp3) is 0.889. The number of aryl methyl sites for hydroxylation is 1. The minimum absolute atomic E-state index is 0.666. The lowest BCUT2D eigenvalue weighted by Crippen LogP contribution is -2.26. The standard InChI is InChI=1S/C9H17N5S/c1-3-10-7-4-5-8(6-7)15-9-11-12-13-14(9)2/h7-8,10H,3-6H2,1-2H3. The third-order valence-electron chi connectivity index (χ3n) is 2.73. The molecule has 2 rings (SSSR count). The van der Waals surface area contributed by atoms with Crippen molar-refractivity contribution in [3.63, 3.8) is 0 Å². The number of hydrogen-bond acceptors (Lipinski definition) is 5. The van der Waals surface area contributed by atoms with E-state index in [9.17, 15) is 0 Å². The largest absolute Gasteiger partial charge is 0.314 e. The molecule has 1 aromatic rings. The summed E-state index contributed by atoms with van der Waals surface area (Å²) < 4.78 is 1.74. The summed E-state index contributed by atoms with van der Waals surface area (Å²) in [4.78, 5) is 0. The Morgan fingerprint density at radius 3 is 3.07 bits per heavy atom. The zero-order valence-electron chi connectivity index (χ0n) is 9.18. The number of hydrogen-bond donors (Lipinski definition) is 1. The van der Waals surface area contributed by atoms with Gasteiger partial charge < -0.3 is 5.32 Å². The molecule has 2 unspecified atom stereocenters. The molecular formula is C9H17N5S. The van der Waals surface area contributed by atoms with Crippen LogP contribution in [0.5, 0.6) is 0 Å². The van der Waals surface area contributed by atoms with Crippen molar-refractivity contribution in [3.8, 4) is 0 Å². The number of nitrogens with zero attached hydrogens (tertiary/aromatic N) is 4. The molecular weight excluding hydrogens is 210 g/mol. The normalized spacial score (nSPS) is 26.0. The predicted octanol–water partition coefficient (Wildman–Crippen LogP) is 0.833. The van der Waals surface area contributed by atoms with Gasteiger partial charge in [0.2, 0.25) is 5.16 Å². The Morgan fingerprint density at radius 1 is 1.53 bits per heavy atom. The summed E-state index contributed by atoms with van der Waals surface area (Å²) in [5.41, 5.74) is 0. The van der Waals surface area contributed by atoms with Crippen LogP contribution in [0.3, 0.4) is 0 Å². The second kappa shape index (κ2) is 4.94. The van der Waals surface area contributed by atoms with Gasteiger partial charge in [0.1, 0.15) is 0 Å². The smallest absolute Gasteiger partial charge is 0.209 e. The van der Waals surface area contributed by atoms with E-state index >= 15 is 0 Å². The average molecular weight is 227 g/mol. The molecule has 0 aromatic carbocycles. The van der Waals surface area contributed by atoms with Gasteiger partial charge in [-0.1, -0.05) is 18.7 Å². The van der Waals surface area contributed by atoms with E-state index in [-0.39, 0.29) is 0 Å². The monoisotopic (exact) mass is 227 g/mol. The van der Waals surface area contributed by atoms with Crippen molar-refractivity contribution in [1.29, 1.82) is 0 Å². The van der Waals surface area contributed by atoms with E-state index in [4.69, 9.17) is 0 Å². The van der Waals surface area contributed by atoms with E-state index in [1.165, 1.54) is 19.3 Å². The van der Waals surface area contributed by atoms with Gasteiger partial charge in [-0.05, 0) is 36.2 Å². The highest BCUT2D eigenvalue weighted by atomic mass is 32.2. The predicted molar refractivity (Wildman–Crippen MR) is 59.8 cm³/mol. The molecule has 15 heavy (non-hydrogen) atoms. The fourth-order valence-electron chi connectivity index (χ4n) is 1.99. The molecule has 1 fully saturated rings. The molecule has 0 aliphatic heterocycles. The second-order valence-corrected chi connectivity index (χ2v) is 5.16. The first-order chi connectivity index (χ1) is 7.29. The molecule has 1 aromatic heterocycles. The molecule has 0 bridgehead atoms. The minimum atomic E-state index is 0.666. The topological polar surface area (TPSA) is 55.6 Å². The van der Waals surface area contributed by atoms with Crippen LogP contribution in [-0.4, -0.2) is 38.0 Å². The lowest BCUT2D eigenvalue weighted by atomic mass is 10.2. The summed E-state index contributed by atoms with van der Waals surface area (Å²) in [6.45, 7) is 3.22. The van der Waals surface area contributed by atoms with Gasteiger partial charge in [0.15, 0.2) is 0 Å². The van der Waals surface area contributed by atoms with Gasteiger partial charge in [-0.2, -0.15) is 0 Å². The van der Waals surface area contributed by atoms with Crippen LogP contribution >= 0.6 is 11.8 Å². The molecule has 0 amide bonds. The Morgan fingerprint density at radius 2 is 2.40 bits per heavy atom. The zero-order chi connectivity index (χ0) is 10.7. The zero-order valence-corrected chi connectivity index (χ0v) is 10.00. The number of aromatic nitrogens is 4. The van der Waals surface area contributed by atoms with Gasteiger partial charge >= 0.3 is 0 Å². The quantitative estimate of drug-likeness (QED) is 0.826. The number of rotatable bonds is 4. The van der Waals surface area contributed by atoms with E-state index in [0.717, 1.165) is 11.7 Å². The maximum atomic E-state index is 3.99. The lowest BCUT2D eigenvalue weighted by molar-refractivity contribution is 0.543. The average Bonchev–Trinajstić information content (AvgIpc) is 2.79. The van der Waals surface area contributed by atoms with Crippen LogP contribution in [0, 0.1) is 0 Å². The van der Waals surface area contributed by atoms with Crippen LogP contribution in [0.25, 0.3) is 0 Å². The molecule has 84 valence electrons. The molecule has 1 heterocycles. The highest BCUT2D eigenvalue weighted by molar-refractivity contribution is 7.99. The maximum absolute atomic E-state index is 3.99. The Hall–Kier alpha value is -0.620. The van der Waals surface area contributed by atoms with Crippen molar-refractivity contribution in [2.75, 3.05) is 6.54 Å². The second-order valence-electron chi connectivity index (χ2n) is 3.89. The van der Waals surface area contributed by atoms with Gasteiger partial charge in [0.25, 0.3) is 0 Å². The Kier molecular flexibility index (Phi) is 3.58. The van der Waals surface area contributed by atoms with Gasteiger partial charge in [-0.25, -0.2) is 4.68 Å². The van der Waals surface area contributed by atoms with Crippen LogP contribution in [-0.2, 0) is 7.05 Å². The molecule has 6 heteroatoms. The van der Waals surface area contributed by atoms with E-state index in [1.54, 1.807) is 16.4 Å². The summed E-state index contributed by atoms with van der Waals surface area (Å²) >= 11 is 1.80. The SMILES string of the molecule is CCNC1CCC(Sc2nnnn2C)C1. The highest BCUT2D eigenvalue weighted by Crippen LogP contribution is 2.33. The summed E-state index contributed by atoms with van der Waals surface area (Å²) in [5, 5.41) is 16.6. The number of thioether (sulfide) groups is 1. The molecule has 1 aliphatic carbocycles. The first-order valence-electron chi connectivity index (χ1n) is 5.42. The first kappa shape index (κ1) is 10.9. The molecule has 1 N–H and O–H groups in total. The molecule has 0 radical (unpaired) electrons. The van der Waals surface area contributed by atoms with E-state index < -0.39 is 0 Å². The van der Waals surface area contributed by atoms with Gasteiger partial charge in [0, 0.05) is 18.3 Å². The van der Waals surface area contributed by atoms with E-state index in [2.05, 4.69) is 27.8 Å². The Balaban J connectivity index is 1.85. The first-order valence-corrected chi connectivity index (χ1v) is 6.30. The summed E-state index contributed by atoms with van der Waals surface area (Å²) in [7, 11) is 1.89. The Bertz CT molecular complexity index is 313. The molecule has 1 saturated carbocycles. The van der Waals surface area contributed by atoms with Crippen molar-refractivity contribution in [3.05, 3.63) is 0 Å². The van der Waals surface area contributed by atoms with Gasteiger partial charge in [-0.3, -0.25) is 0 Å². The van der Waals surface area contributed by atoms with Crippen molar-refractivity contribution in [1.82, 2.24) is 25.5 Å². The molecule has 0 saturated heterocycles. The van der Waals surface area contributed by atoms with E-state index in [1.807, 2.05) is 7.05 Å². The van der Waals surface area contributed by atoms with Crippen LogP contribution < -0.4 is 5.32 Å². The van der Waals surface area contributed by atoms with Crippen LogP contribution in [0.2, 0.25) is 0 Å². The molecule has 1 aliphatic rings. The van der Waals surface area contributed by atoms with E-state index in [0.29, 0.717) is 11.3 Å². The van der Waals surface area contributed by atoms with Crippen molar-refractivity contribution >= 4 is 11.8 Å². The summed E-state index contributed by atoms with van der Waals surface area (Å²) in [6, 6.07) is 0.689. The Labute approximate surface area is 94.0 Å². The van der Waals surface area contributed by atoms with Crippen molar-refractivity contribution in [2.45, 2.75) is 42.6 Å². The number of tetrazole rings is 1. The van der Waals surface area contributed by atoms with Crippen LogP contribution in [0.4, 0.5) is 0 Å². The molecule has 2 atom stereocenters. The van der Waals surface area contributed by atoms with Crippen molar-refractivity contribution < 1.29 is 0 Å². The third kappa shape index (κ3) is 2.69.